The molecule has 1 saturated carbocycles. The topological polar surface area (TPSA) is 56.7 Å². The van der Waals surface area contributed by atoms with Crippen molar-refractivity contribution in [2.24, 2.45) is 4.99 Å². The van der Waals surface area contributed by atoms with Crippen LogP contribution in [0.2, 0.25) is 0 Å². The molecule has 1 rings (SSSR count). The third kappa shape index (κ3) is 8.15. The van der Waals surface area contributed by atoms with Gasteiger partial charge in [0.1, 0.15) is 0 Å². The highest BCUT2D eigenvalue weighted by atomic mass is 32.2. The van der Waals surface area contributed by atoms with Crippen LogP contribution < -0.4 is 10.6 Å². The standard InChI is InChI=1S/C17H36N4OS/c1-5-7-12-21(4)13-11-19-17(18-3)20-15-9-8-10-16(14-15)23(22)6-2/h15-16H,5-14H2,1-4H3,(H2,18,19,20). The van der Waals surface area contributed by atoms with Crippen LogP contribution in [-0.2, 0) is 10.8 Å². The zero-order chi connectivity index (χ0) is 17.1. The van der Waals surface area contributed by atoms with Crippen molar-refractivity contribution in [2.75, 3.05) is 39.5 Å². The van der Waals surface area contributed by atoms with Crippen LogP contribution in [0.1, 0.15) is 52.4 Å². The quantitative estimate of drug-likeness (QED) is 0.496. The highest BCUT2D eigenvalue weighted by molar-refractivity contribution is 7.85. The second-order valence-electron chi connectivity index (χ2n) is 6.46. The monoisotopic (exact) mass is 344 g/mol. The van der Waals surface area contributed by atoms with Gasteiger partial charge in [0.05, 0.1) is 0 Å². The molecule has 3 atom stereocenters. The summed E-state index contributed by atoms with van der Waals surface area (Å²) in [6, 6.07) is 0.397. The van der Waals surface area contributed by atoms with Crippen LogP contribution in [0, 0.1) is 0 Å². The van der Waals surface area contributed by atoms with E-state index in [0.717, 1.165) is 57.0 Å². The van der Waals surface area contributed by atoms with Crippen LogP contribution >= 0.6 is 0 Å². The van der Waals surface area contributed by atoms with E-state index in [2.05, 4.69) is 34.5 Å². The van der Waals surface area contributed by atoms with E-state index in [1.165, 1.54) is 12.8 Å². The maximum Gasteiger partial charge on any atom is 0.191 e. The van der Waals surface area contributed by atoms with Gasteiger partial charge in [0.15, 0.2) is 5.96 Å². The summed E-state index contributed by atoms with van der Waals surface area (Å²) in [5, 5.41) is 7.27. The van der Waals surface area contributed by atoms with Gasteiger partial charge in [-0.1, -0.05) is 26.7 Å². The first-order chi connectivity index (χ1) is 11.1. The fourth-order valence-corrected chi connectivity index (χ4v) is 4.39. The summed E-state index contributed by atoms with van der Waals surface area (Å²) in [4.78, 5) is 6.68. The van der Waals surface area contributed by atoms with E-state index >= 15 is 0 Å². The minimum atomic E-state index is -0.673. The Morgan fingerprint density at radius 1 is 1.30 bits per heavy atom. The molecule has 0 aromatic rings. The number of nitrogens with one attached hydrogen (secondary N) is 2. The molecule has 23 heavy (non-hydrogen) atoms. The number of unbranched alkanes of at least 4 members (excludes halogenated alkanes) is 1. The molecule has 1 fully saturated rings. The predicted octanol–water partition coefficient (Wildman–Crippen LogP) is 1.96. The number of likely N-dealkylation sites (N-methyl/N-ethyl adjacent to an activating group) is 1. The lowest BCUT2D eigenvalue weighted by atomic mass is 9.95. The highest BCUT2D eigenvalue weighted by Gasteiger charge is 2.25. The Hall–Kier alpha value is -0.620. The normalized spacial score (nSPS) is 23.8. The predicted molar refractivity (Wildman–Crippen MR) is 102 cm³/mol. The van der Waals surface area contributed by atoms with Crippen LogP contribution in [0.3, 0.4) is 0 Å². The van der Waals surface area contributed by atoms with Crippen molar-refractivity contribution < 1.29 is 4.21 Å². The van der Waals surface area contributed by atoms with E-state index in [1.54, 1.807) is 0 Å². The lowest BCUT2D eigenvalue weighted by Crippen LogP contribution is -2.48. The van der Waals surface area contributed by atoms with Gasteiger partial charge in [-0.15, -0.1) is 0 Å². The first kappa shape index (κ1) is 20.4. The van der Waals surface area contributed by atoms with Crippen LogP contribution in [0.15, 0.2) is 4.99 Å². The minimum absolute atomic E-state index is 0.351. The van der Waals surface area contributed by atoms with E-state index in [-0.39, 0.29) is 0 Å². The number of hydrogen-bond donors (Lipinski definition) is 2. The van der Waals surface area contributed by atoms with Gasteiger partial charge in [0, 0.05) is 48.0 Å². The van der Waals surface area contributed by atoms with Gasteiger partial charge in [-0.25, -0.2) is 0 Å². The maximum atomic E-state index is 12.0. The van der Waals surface area contributed by atoms with Crippen LogP contribution in [0.25, 0.3) is 0 Å². The molecule has 0 aromatic heterocycles. The Morgan fingerprint density at radius 2 is 2.09 bits per heavy atom. The van der Waals surface area contributed by atoms with Crippen molar-refractivity contribution in [1.82, 2.24) is 15.5 Å². The Labute approximate surface area is 145 Å². The minimum Gasteiger partial charge on any atom is -0.355 e. The van der Waals surface area contributed by atoms with Gasteiger partial charge in [-0.3, -0.25) is 9.20 Å². The van der Waals surface area contributed by atoms with Gasteiger partial charge < -0.3 is 15.5 Å². The Morgan fingerprint density at radius 3 is 2.74 bits per heavy atom. The molecule has 0 aliphatic heterocycles. The molecule has 1 aliphatic carbocycles. The van der Waals surface area contributed by atoms with E-state index in [1.807, 2.05) is 14.0 Å². The number of aliphatic imine (C=N–C) groups is 1. The number of rotatable bonds is 9. The summed E-state index contributed by atoms with van der Waals surface area (Å²) in [6.45, 7) is 7.31. The first-order valence-corrected chi connectivity index (χ1v) is 10.5. The maximum absolute atomic E-state index is 12.0. The van der Waals surface area contributed by atoms with Crippen molar-refractivity contribution in [3.63, 3.8) is 0 Å². The van der Waals surface area contributed by atoms with Crippen LogP contribution in [0.5, 0.6) is 0 Å². The summed E-state index contributed by atoms with van der Waals surface area (Å²) in [7, 11) is 3.31. The lowest BCUT2D eigenvalue weighted by Gasteiger charge is -2.30. The van der Waals surface area contributed by atoms with Crippen molar-refractivity contribution >= 4 is 16.8 Å². The largest absolute Gasteiger partial charge is 0.355 e. The summed E-state index contributed by atoms with van der Waals surface area (Å²) < 4.78 is 12.0. The van der Waals surface area contributed by atoms with E-state index < -0.39 is 10.8 Å². The van der Waals surface area contributed by atoms with Gasteiger partial charge in [0.2, 0.25) is 0 Å². The summed E-state index contributed by atoms with van der Waals surface area (Å²) in [6.07, 6.45) is 6.90. The van der Waals surface area contributed by atoms with Gasteiger partial charge >= 0.3 is 0 Å². The molecule has 0 saturated heterocycles. The Kier molecular flexibility index (Phi) is 10.5. The van der Waals surface area contributed by atoms with E-state index in [4.69, 9.17) is 0 Å². The van der Waals surface area contributed by atoms with Crippen LogP contribution in [-0.4, -0.2) is 65.8 Å². The van der Waals surface area contributed by atoms with Crippen molar-refractivity contribution in [1.29, 1.82) is 0 Å². The highest BCUT2D eigenvalue weighted by Crippen LogP contribution is 2.22. The molecule has 1 aliphatic rings. The Bertz CT molecular complexity index is 376. The molecule has 5 nitrogen and oxygen atoms in total. The van der Waals surface area contributed by atoms with Crippen molar-refractivity contribution in [3.05, 3.63) is 0 Å². The average molecular weight is 345 g/mol. The number of guanidine groups is 1. The van der Waals surface area contributed by atoms with E-state index in [0.29, 0.717) is 11.3 Å². The number of hydrogen-bond acceptors (Lipinski definition) is 3. The fraction of sp³-hybridized carbons (Fsp3) is 0.941. The molecule has 6 heteroatoms. The summed E-state index contributed by atoms with van der Waals surface area (Å²) >= 11 is 0. The molecular formula is C17H36N4OS. The molecule has 0 amide bonds. The first-order valence-electron chi connectivity index (χ1n) is 9.13. The van der Waals surface area contributed by atoms with Crippen molar-refractivity contribution in [3.8, 4) is 0 Å². The van der Waals surface area contributed by atoms with Gasteiger partial charge in [0.25, 0.3) is 0 Å². The van der Waals surface area contributed by atoms with Crippen molar-refractivity contribution in [2.45, 2.75) is 63.7 Å². The second kappa shape index (κ2) is 11.8. The Balaban J connectivity index is 2.31. The SMILES string of the molecule is CCCCN(C)CCNC(=NC)NC1CCCC(S(=O)CC)C1. The molecule has 2 N–H and O–H groups in total. The molecule has 0 heterocycles. The zero-order valence-corrected chi connectivity index (χ0v) is 16.3. The van der Waals surface area contributed by atoms with Gasteiger partial charge in [-0.05, 0) is 39.3 Å². The third-order valence-corrected chi connectivity index (χ3v) is 6.27. The molecule has 0 radical (unpaired) electrons. The molecular weight excluding hydrogens is 308 g/mol. The second-order valence-corrected chi connectivity index (χ2v) is 8.46. The van der Waals surface area contributed by atoms with E-state index in [9.17, 15) is 4.21 Å². The van der Waals surface area contributed by atoms with Gasteiger partial charge in [-0.2, -0.15) is 0 Å². The number of nitrogens with zero attached hydrogens (tertiary/aromatic N) is 2. The molecule has 0 spiro atoms. The van der Waals surface area contributed by atoms with Crippen LogP contribution in [0.4, 0.5) is 0 Å². The fourth-order valence-electron chi connectivity index (χ4n) is 3.04. The molecule has 3 unspecified atom stereocenters. The molecule has 136 valence electrons. The lowest BCUT2D eigenvalue weighted by molar-refractivity contribution is 0.331. The zero-order valence-electron chi connectivity index (χ0n) is 15.4. The average Bonchev–Trinajstić information content (AvgIpc) is 2.58. The smallest absolute Gasteiger partial charge is 0.191 e. The summed E-state index contributed by atoms with van der Waals surface area (Å²) in [5.74, 6) is 1.65. The molecule has 0 aromatic carbocycles. The third-order valence-electron chi connectivity index (χ3n) is 4.53. The molecule has 0 bridgehead atoms. The summed E-state index contributed by atoms with van der Waals surface area (Å²) in [5.41, 5.74) is 0.